The van der Waals surface area contributed by atoms with Gasteiger partial charge in [-0.15, -0.1) is 0 Å². The van der Waals surface area contributed by atoms with Crippen LogP contribution in [0.1, 0.15) is 129 Å². The number of unbranched alkanes of at least 4 members (excludes halogenated alkanes) is 7. The zero-order valence-electron chi connectivity index (χ0n) is 33.6. The molecule has 0 aromatic heterocycles. The van der Waals surface area contributed by atoms with Crippen molar-refractivity contribution in [3.05, 3.63) is 85.1 Å². The first-order chi connectivity index (χ1) is 26.8. The Morgan fingerprint density at radius 2 is 1.05 bits per heavy atom. The standard InChI is InChI=1S/C45H72O10/c1-3-5-7-9-11-13-15-17-19-21-23-25-27-29-31-33-40(47)52-36-38(37-53-45-44(51)43(50)42(49)39(35-46)55-45)54-41(48)34-32-30-28-26-24-22-20-18-16-14-12-10-8-6-4-2/h6,8,11-14,17-20,23-26,38-39,42-46,49-51H,3-5,7,9-10,15-16,21-22,27-37H2,1-2H3/b8-6+,13-11+,14-12+,19-17+,20-18+,25-23+,26-24+/t38-,39-,42+,43?,44?,45-/m0/s1. The summed E-state index contributed by atoms with van der Waals surface area (Å²) in [7, 11) is 0. The van der Waals surface area contributed by atoms with Crippen molar-refractivity contribution in [3.8, 4) is 0 Å². The SMILES string of the molecule is CC/C=C/C/C=C/C/C=C/C/C=C/CCCCC(=O)O[C@@H](COC(=O)CCCC/C=C/C/C=C/C/C=C/CCCCC)CO[C@H]1O[C@@H](CO)[C@@H](O)C(O)C1O. The van der Waals surface area contributed by atoms with E-state index in [4.69, 9.17) is 18.9 Å². The van der Waals surface area contributed by atoms with Gasteiger partial charge in [-0.3, -0.25) is 9.59 Å². The Labute approximate surface area is 331 Å². The molecular formula is C45H72O10. The van der Waals surface area contributed by atoms with Crippen molar-refractivity contribution in [1.82, 2.24) is 0 Å². The highest BCUT2D eigenvalue weighted by Crippen LogP contribution is 2.22. The van der Waals surface area contributed by atoms with Crippen LogP contribution in [0.3, 0.4) is 0 Å². The van der Waals surface area contributed by atoms with Gasteiger partial charge >= 0.3 is 11.9 Å². The van der Waals surface area contributed by atoms with Gasteiger partial charge in [0.2, 0.25) is 0 Å². The number of aliphatic hydroxyl groups is 4. The minimum Gasteiger partial charge on any atom is -0.462 e. The second-order valence-electron chi connectivity index (χ2n) is 13.7. The van der Waals surface area contributed by atoms with E-state index in [-0.39, 0.29) is 26.1 Å². The molecule has 10 heteroatoms. The Hall–Kier alpha value is -3.12. The molecule has 0 aromatic carbocycles. The maximum Gasteiger partial charge on any atom is 0.306 e. The summed E-state index contributed by atoms with van der Waals surface area (Å²) >= 11 is 0. The summed E-state index contributed by atoms with van der Waals surface area (Å²) in [5.74, 6) is -0.911. The van der Waals surface area contributed by atoms with Crippen LogP contribution in [0.15, 0.2) is 85.1 Å². The molecule has 10 nitrogen and oxygen atoms in total. The van der Waals surface area contributed by atoms with Gasteiger partial charge in [-0.05, 0) is 89.9 Å². The number of esters is 2. The normalized spacial score (nSPS) is 21.5. The van der Waals surface area contributed by atoms with Gasteiger partial charge in [-0.2, -0.15) is 0 Å². The first-order valence-corrected chi connectivity index (χ1v) is 20.7. The molecule has 2 unspecified atom stereocenters. The third kappa shape index (κ3) is 27.2. The van der Waals surface area contributed by atoms with Gasteiger partial charge in [-0.25, -0.2) is 0 Å². The third-order valence-corrected chi connectivity index (χ3v) is 8.76. The van der Waals surface area contributed by atoms with Crippen LogP contribution in [0.5, 0.6) is 0 Å². The number of hydrogen-bond acceptors (Lipinski definition) is 10. The fraction of sp³-hybridized carbons (Fsp3) is 0.644. The number of aliphatic hydroxyl groups excluding tert-OH is 4. The van der Waals surface area contributed by atoms with Crippen molar-refractivity contribution in [1.29, 1.82) is 0 Å². The molecule has 0 amide bonds. The molecule has 0 radical (unpaired) electrons. The molecule has 1 heterocycles. The lowest BCUT2D eigenvalue weighted by molar-refractivity contribution is -0.305. The Kier molecular flexibility index (Phi) is 32.0. The fourth-order valence-electron chi connectivity index (χ4n) is 5.48. The quantitative estimate of drug-likeness (QED) is 0.0299. The monoisotopic (exact) mass is 773 g/mol. The minimum absolute atomic E-state index is 0.164. The van der Waals surface area contributed by atoms with Crippen molar-refractivity contribution in [2.24, 2.45) is 0 Å². The van der Waals surface area contributed by atoms with Gasteiger partial charge in [0, 0.05) is 12.8 Å². The highest BCUT2D eigenvalue weighted by atomic mass is 16.7. The van der Waals surface area contributed by atoms with Crippen molar-refractivity contribution in [3.63, 3.8) is 0 Å². The van der Waals surface area contributed by atoms with Gasteiger partial charge in [0.1, 0.15) is 31.0 Å². The van der Waals surface area contributed by atoms with E-state index in [0.717, 1.165) is 70.6 Å². The highest BCUT2D eigenvalue weighted by Gasteiger charge is 2.44. The molecule has 1 fully saturated rings. The second-order valence-corrected chi connectivity index (χ2v) is 13.7. The Morgan fingerprint density at radius 3 is 1.55 bits per heavy atom. The predicted molar refractivity (Wildman–Crippen MR) is 219 cm³/mol. The topological polar surface area (TPSA) is 152 Å². The summed E-state index contributed by atoms with van der Waals surface area (Å²) < 4.78 is 22.0. The van der Waals surface area contributed by atoms with Gasteiger partial charge in [-0.1, -0.05) is 112 Å². The summed E-state index contributed by atoms with van der Waals surface area (Å²) in [5.41, 5.74) is 0. The molecular weight excluding hydrogens is 700 g/mol. The molecule has 0 saturated carbocycles. The van der Waals surface area contributed by atoms with Gasteiger partial charge < -0.3 is 39.4 Å². The van der Waals surface area contributed by atoms with Crippen LogP contribution in [0.2, 0.25) is 0 Å². The summed E-state index contributed by atoms with van der Waals surface area (Å²) in [4.78, 5) is 25.2. The molecule has 1 aliphatic heterocycles. The molecule has 0 aromatic rings. The van der Waals surface area contributed by atoms with Crippen molar-refractivity contribution in [2.45, 2.75) is 166 Å². The molecule has 55 heavy (non-hydrogen) atoms. The number of allylic oxidation sites excluding steroid dienone is 14. The summed E-state index contributed by atoms with van der Waals surface area (Å²) in [5, 5.41) is 40.0. The summed E-state index contributed by atoms with van der Waals surface area (Å²) in [6, 6.07) is 0. The van der Waals surface area contributed by atoms with E-state index in [1.807, 2.05) is 0 Å². The van der Waals surface area contributed by atoms with Crippen LogP contribution in [0.4, 0.5) is 0 Å². The lowest BCUT2D eigenvalue weighted by atomic mass is 9.99. The maximum absolute atomic E-state index is 12.7. The summed E-state index contributed by atoms with van der Waals surface area (Å²) in [6.07, 6.45) is 37.4. The molecule has 0 spiro atoms. The van der Waals surface area contributed by atoms with Gasteiger partial charge in [0.25, 0.3) is 0 Å². The zero-order chi connectivity index (χ0) is 40.2. The van der Waals surface area contributed by atoms with Crippen molar-refractivity contribution >= 4 is 11.9 Å². The van der Waals surface area contributed by atoms with E-state index in [0.29, 0.717) is 12.8 Å². The number of ether oxygens (including phenoxy) is 4. The van der Waals surface area contributed by atoms with Crippen LogP contribution in [-0.2, 0) is 28.5 Å². The highest BCUT2D eigenvalue weighted by molar-refractivity contribution is 5.70. The lowest BCUT2D eigenvalue weighted by Crippen LogP contribution is -2.59. The molecule has 1 rings (SSSR count). The zero-order valence-corrected chi connectivity index (χ0v) is 33.6. The van der Waals surface area contributed by atoms with Gasteiger partial charge in [0.15, 0.2) is 12.4 Å². The smallest absolute Gasteiger partial charge is 0.306 e. The molecule has 6 atom stereocenters. The minimum atomic E-state index is -1.61. The average Bonchev–Trinajstić information content (AvgIpc) is 3.18. The van der Waals surface area contributed by atoms with E-state index in [1.165, 1.54) is 19.3 Å². The van der Waals surface area contributed by atoms with E-state index in [2.05, 4.69) is 98.9 Å². The lowest BCUT2D eigenvalue weighted by Gasteiger charge is -2.39. The Morgan fingerprint density at radius 1 is 0.582 bits per heavy atom. The van der Waals surface area contributed by atoms with Crippen LogP contribution in [0.25, 0.3) is 0 Å². The number of hydrogen-bond donors (Lipinski definition) is 4. The van der Waals surface area contributed by atoms with E-state index >= 15 is 0 Å². The summed E-state index contributed by atoms with van der Waals surface area (Å²) in [6.45, 7) is 3.16. The molecule has 0 bridgehead atoms. The number of rotatable bonds is 32. The van der Waals surface area contributed by atoms with E-state index < -0.39 is 55.4 Å². The first kappa shape index (κ1) is 49.9. The van der Waals surface area contributed by atoms with Crippen molar-refractivity contribution < 1.29 is 49.0 Å². The first-order valence-electron chi connectivity index (χ1n) is 20.7. The Balaban J connectivity index is 2.45. The maximum atomic E-state index is 12.7. The predicted octanol–water partition coefficient (Wildman–Crippen LogP) is 8.21. The molecule has 312 valence electrons. The molecule has 4 N–H and O–H groups in total. The molecule has 0 aliphatic carbocycles. The Bertz CT molecular complexity index is 1170. The number of carbonyl (C=O) groups is 2. The van der Waals surface area contributed by atoms with Crippen LogP contribution < -0.4 is 0 Å². The van der Waals surface area contributed by atoms with Crippen LogP contribution >= 0.6 is 0 Å². The number of carbonyl (C=O) groups excluding carboxylic acids is 2. The third-order valence-electron chi connectivity index (χ3n) is 8.76. The molecule has 1 aliphatic rings. The van der Waals surface area contributed by atoms with Crippen molar-refractivity contribution in [2.75, 3.05) is 19.8 Å². The second kappa shape index (κ2) is 35.3. The average molecular weight is 773 g/mol. The largest absolute Gasteiger partial charge is 0.462 e. The van der Waals surface area contributed by atoms with Gasteiger partial charge in [0.05, 0.1) is 13.2 Å². The van der Waals surface area contributed by atoms with Crippen LogP contribution in [-0.4, -0.2) is 89.0 Å². The van der Waals surface area contributed by atoms with E-state index in [9.17, 15) is 30.0 Å². The molecule has 1 saturated heterocycles. The fourth-order valence-corrected chi connectivity index (χ4v) is 5.48. The van der Waals surface area contributed by atoms with E-state index in [1.54, 1.807) is 0 Å². The van der Waals surface area contributed by atoms with Crippen LogP contribution in [0, 0.1) is 0 Å².